The number of esters is 1. The first kappa shape index (κ1) is 14.6. The number of phenols is 2. The second kappa shape index (κ2) is 6.44. The van der Waals surface area contributed by atoms with E-state index in [-0.39, 0.29) is 35.0 Å². The van der Waals surface area contributed by atoms with Gasteiger partial charge >= 0.3 is 11.9 Å². The molecule has 0 heterocycles. The largest absolute Gasteiger partial charge is 0.507 e. The Morgan fingerprint density at radius 1 is 1.26 bits per heavy atom. The highest BCUT2D eigenvalue weighted by atomic mass is 16.5. The van der Waals surface area contributed by atoms with Crippen molar-refractivity contribution >= 4 is 18.0 Å². The molecule has 0 aliphatic rings. The van der Waals surface area contributed by atoms with Gasteiger partial charge in [-0.25, -0.2) is 4.79 Å². The lowest BCUT2D eigenvalue weighted by atomic mass is 10.1. The monoisotopic (exact) mass is 266 g/mol. The first-order valence-corrected chi connectivity index (χ1v) is 5.48. The maximum absolute atomic E-state index is 10.9. The van der Waals surface area contributed by atoms with Gasteiger partial charge in [-0.05, 0) is 18.6 Å². The molecule has 0 saturated heterocycles. The third-order valence-corrected chi connectivity index (χ3v) is 2.41. The fraction of sp³-hybridized carbons (Fsp3) is 0.231. The van der Waals surface area contributed by atoms with E-state index >= 15 is 0 Å². The van der Waals surface area contributed by atoms with Gasteiger partial charge < -0.3 is 20.1 Å². The molecule has 0 fully saturated rings. The Morgan fingerprint density at radius 3 is 2.32 bits per heavy atom. The molecule has 0 amide bonds. The van der Waals surface area contributed by atoms with Gasteiger partial charge in [-0.1, -0.05) is 12.2 Å². The maximum Gasteiger partial charge on any atom is 0.335 e. The molecule has 19 heavy (non-hydrogen) atoms. The van der Waals surface area contributed by atoms with E-state index in [9.17, 15) is 19.8 Å². The van der Waals surface area contributed by atoms with Crippen molar-refractivity contribution in [3.63, 3.8) is 0 Å². The van der Waals surface area contributed by atoms with E-state index in [0.29, 0.717) is 6.42 Å². The SMILES string of the molecule is COC(=O)CCC=Cc1c(O)cc(C(=O)O)cc1O. The number of ether oxygens (including phenoxy) is 1. The van der Waals surface area contributed by atoms with E-state index in [1.807, 2.05) is 0 Å². The molecule has 0 aromatic heterocycles. The van der Waals surface area contributed by atoms with Gasteiger partial charge in [0.15, 0.2) is 0 Å². The van der Waals surface area contributed by atoms with E-state index in [1.54, 1.807) is 6.08 Å². The summed E-state index contributed by atoms with van der Waals surface area (Å²) in [6, 6.07) is 2.09. The zero-order valence-corrected chi connectivity index (χ0v) is 10.3. The van der Waals surface area contributed by atoms with Gasteiger partial charge in [-0.2, -0.15) is 0 Å². The van der Waals surface area contributed by atoms with Crippen LogP contribution in [0.1, 0.15) is 28.8 Å². The van der Waals surface area contributed by atoms with Crippen molar-refractivity contribution in [2.45, 2.75) is 12.8 Å². The first-order valence-electron chi connectivity index (χ1n) is 5.48. The number of carboxylic acid groups (broad SMARTS) is 1. The summed E-state index contributed by atoms with van der Waals surface area (Å²) >= 11 is 0. The minimum absolute atomic E-state index is 0.106. The minimum atomic E-state index is -1.24. The Labute approximate surface area is 109 Å². The molecule has 0 spiro atoms. The zero-order valence-electron chi connectivity index (χ0n) is 10.3. The van der Waals surface area contributed by atoms with Crippen molar-refractivity contribution in [1.29, 1.82) is 0 Å². The predicted octanol–water partition coefficient (Wildman–Crippen LogP) is 1.76. The lowest BCUT2D eigenvalue weighted by molar-refractivity contribution is -0.140. The molecule has 0 aliphatic carbocycles. The van der Waals surface area contributed by atoms with Gasteiger partial charge in [-0.3, -0.25) is 4.79 Å². The summed E-state index contributed by atoms with van der Waals surface area (Å²) in [5.41, 5.74) is -0.100. The molecular formula is C13H14O6. The number of carboxylic acids is 1. The van der Waals surface area contributed by atoms with Crippen LogP contribution < -0.4 is 0 Å². The molecule has 102 valence electrons. The zero-order chi connectivity index (χ0) is 14.4. The Bertz CT molecular complexity index is 495. The van der Waals surface area contributed by atoms with Crippen molar-refractivity contribution in [3.05, 3.63) is 29.3 Å². The van der Waals surface area contributed by atoms with Crippen LogP contribution in [-0.2, 0) is 9.53 Å². The minimum Gasteiger partial charge on any atom is -0.507 e. The molecule has 6 heteroatoms. The predicted molar refractivity (Wildman–Crippen MR) is 67.0 cm³/mol. The second-order valence-corrected chi connectivity index (χ2v) is 3.75. The Morgan fingerprint density at radius 2 is 1.84 bits per heavy atom. The smallest absolute Gasteiger partial charge is 0.335 e. The van der Waals surface area contributed by atoms with Crippen LogP contribution in [0.15, 0.2) is 18.2 Å². The van der Waals surface area contributed by atoms with Gasteiger partial charge in [-0.15, -0.1) is 0 Å². The number of phenolic OH excluding ortho intramolecular Hbond substituents is 2. The van der Waals surface area contributed by atoms with Crippen LogP contribution in [0.5, 0.6) is 11.5 Å². The topological polar surface area (TPSA) is 104 Å². The van der Waals surface area contributed by atoms with Crippen LogP contribution in [0.25, 0.3) is 6.08 Å². The number of hydrogen-bond donors (Lipinski definition) is 3. The molecule has 1 rings (SSSR count). The number of rotatable bonds is 5. The molecular weight excluding hydrogens is 252 g/mol. The number of allylic oxidation sites excluding steroid dienone is 1. The average Bonchev–Trinajstić information content (AvgIpc) is 2.36. The third-order valence-electron chi connectivity index (χ3n) is 2.41. The molecule has 0 unspecified atom stereocenters. The van der Waals surface area contributed by atoms with E-state index in [1.165, 1.54) is 13.2 Å². The van der Waals surface area contributed by atoms with Gasteiger partial charge in [0.25, 0.3) is 0 Å². The number of aromatic carboxylic acids is 1. The highest BCUT2D eigenvalue weighted by Gasteiger charge is 2.11. The molecule has 3 N–H and O–H groups in total. The summed E-state index contributed by atoms with van der Waals surface area (Å²) in [4.78, 5) is 21.5. The van der Waals surface area contributed by atoms with Crippen LogP contribution in [0.3, 0.4) is 0 Å². The quantitative estimate of drug-likeness (QED) is 0.701. The van der Waals surface area contributed by atoms with Crippen LogP contribution in [-0.4, -0.2) is 34.4 Å². The summed E-state index contributed by atoms with van der Waals surface area (Å²) in [5.74, 6) is -2.29. The number of benzene rings is 1. The molecule has 0 saturated carbocycles. The van der Waals surface area contributed by atoms with E-state index in [2.05, 4.69) is 4.74 Å². The van der Waals surface area contributed by atoms with Crippen molar-refractivity contribution in [1.82, 2.24) is 0 Å². The molecule has 1 aromatic rings. The Hall–Kier alpha value is -2.50. The Balaban J connectivity index is 2.82. The lowest BCUT2D eigenvalue weighted by Crippen LogP contribution is -1.98. The molecule has 0 bridgehead atoms. The molecule has 0 radical (unpaired) electrons. The normalized spacial score (nSPS) is 10.6. The summed E-state index contributed by atoms with van der Waals surface area (Å²) in [5, 5.41) is 28.0. The Kier molecular flexibility index (Phi) is 4.93. The highest BCUT2D eigenvalue weighted by molar-refractivity contribution is 5.89. The van der Waals surface area contributed by atoms with Crippen molar-refractivity contribution < 1.29 is 29.6 Å². The van der Waals surface area contributed by atoms with Crippen molar-refractivity contribution in [2.24, 2.45) is 0 Å². The standard InChI is InChI=1S/C13H14O6/c1-19-12(16)5-3-2-4-9-10(14)6-8(13(17)18)7-11(9)15/h2,4,6-7,14-15H,3,5H2,1H3,(H,17,18). The summed E-state index contributed by atoms with van der Waals surface area (Å²) < 4.78 is 4.46. The summed E-state index contributed by atoms with van der Waals surface area (Å²) in [6.07, 6.45) is 3.55. The fourth-order valence-electron chi connectivity index (χ4n) is 1.42. The van der Waals surface area contributed by atoms with Crippen LogP contribution in [0, 0.1) is 0 Å². The van der Waals surface area contributed by atoms with Crippen LogP contribution >= 0.6 is 0 Å². The van der Waals surface area contributed by atoms with Crippen molar-refractivity contribution in [2.75, 3.05) is 7.11 Å². The van der Waals surface area contributed by atoms with E-state index in [0.717, 1.165) is 12.1 Å². The van der Waals surface area contributed by atoms with Crippen molar-refractivity contribution in [3.8, 4) is 11.5 Å². The molecule has 6 nitrogen and oxygen atoms in total. The number of aromatic hydroxyl groups is 2. The van der Waals surface area contributed by atoms with Crippen LogP contribution in [0.4, 0.5) is 0 Å². The second-order valence-electron chi connectivity index (χ2n) is 3.75. The number of carbonyl (C=O) groups is 2. The van der Waals surface area contributed by atoms with Crippen LogP contribution in [0.2, 0.25) is 0 Å². The summed E-state index contributed by atoms with van der Waals surface area (Å²) in [7, 11) is 1.29. The molecule has 0 atom stereocenters. The van der Waals surface area contributed by atoms with E-state index < -0.39 is 5.97 Å². The number of carbonyl (C=O) groups excluding carboxylic acids is 1. The van der Waals surface area contributed by atoms with Gasteiger partial charge in [0, 0.05) is 6.42 Å². The number of methoxy groups -OCH3 is 1. The fourth-order valence-corrected chi connectivity index (χ4v) is 1.42. The molecule has 0 aliphatic heterocycles. The highest BCUT2D eigenvalue weighted by Crippen LogP contribution is 2.30. The van der Waals surface area contributed by atoms with E-state index in [4.69, 9.17) is 5.11 Å². The maximum atomic E-state index is 10.9. The lowest BCUT2D eigenvalue weighted by Gasteiger charge is -2.04. The first-order chi connectivity index (χ1) is 8.95. The van der Waals surface area contributed by atoms with Gasteiger partial charge in [0.2, 0.25) is 0 Å². The molecule has 1 aromatic carbocycles. The number of hydrogen-bond acceptors (Lipinski definition) is 5. The summed E-state index contributed by atoms with van der Waals surface area (Å²) in [6.45, 7) is 0. The van der Waals surface area contributed by atoms with Gasteiger partial charge in [0.05, 0.1) is 18.2 Å². The van der Waals surface area contributed by atoms with Gasteiger partial charge in [0.1, 0.15) is 11.5 Å². The average molecular weight is 266 g/mol. The third kappa shape index (κ3) is 4.02.